The molecule has 0 N–H and O–H groups in total. The molecule has 11 heavy (non-hydrogen) atoms. The van der Waals surface area contributed by atoms with Crippen molar-refractivity contribution in [3.63, 3.8) is 0 Å². The van der Waals surface area contributed by atoms with Gasteiger partial charge in [-0.15, -0.1) is 11.3 Å². The lowest BCUT2D eigenvalue weighted by atomic mass is 10.3. The Hall–Kier alpha value is -0.340. The summed E-state index contributed by atoms with van der Waals surface area (Å²) in [5.74, 6) is 0. The molecule has 1 rings (SSSR count). The first-order valence-corrected chi connectivity index (χ1v) is 4.77. The number of hydrogen-bond acceptors (Lipinski definition) is 2. The van der Waals surface area contributed by atoms with E-state index in [-0.39, 0.29) is 0 Å². The van der Waals surface area contributed by atoms with E-state index in [1.165, 1.54) is 9.75 Å². The first-order valence-electron chi connectivity index (χ1n) is 3.96. The number of aryl methyl sites for hydroxylation is 1. The smallest absolute Gasteiger partial charge is 0.0514 e. The van der Waals surface area contributed by atoms with Gasteiger partial charge in [0.2, 0.25) is 0 Å². The Kier molecular flexibility index (Phi) is 3.60. The van der Waals surface area contributed by atoms with Crippen molar-refractivity contribution in [2.45, 2.75) is 20.3 Å². The molecule has 0 radical (unpaired) electrons. The molecule has 0 aromatic carbocycles. The summed E-state index contributed by atoms with van der Waals surface area (Å²) in [6, 6.07) is 4.34. The van der Waals surface area contributed by atoms with Crippen molar-refractivity contribution in [2.75, 3.05) is 13.2 Å². The molecule has 0 saturated carbocycles. The second kappa shape index (κ2) is 4.52. The van der Waals surface area contributed by atoms with Crippen LogP contribution in [0.1, 0.15) is 16.7 Å². The van der Waals surface area contributed by atoms with Crippen LogP contribution >= 0.6 is 11.3 Å². The first kappa shape index (κ1) is 8.75. The average molecular weight is 170 g/mol. The molecule has 0 spiro atoms. The number of thiophene rings is 1. The van der Waals surface area contributed by atoms with Gasteiger partial charge in [0.15, 0.2) is 0 Å². The molecule has 0 atom stereocenters. The Bertz CT molecular complexity index is 205. The Morgan fingerprint density at radius 2 is 2.27 bits per heavy atom. The SMILES string of the molecule is CCOCCc1ccc(C)s1. The number of hydrogen-bond donors (Lipinski definition) is 0. The van der Waals surface area contributed by atoms with Crippen molar-refractivity contribution < 1.29 is 4.74 Å². The fourth-order valence-corrected chi connectivity index (χ4v) is 1.81. The van der Waals surface area contributed by atoms with E-state index in [1.807, 2.05) is 18.3 Å². The van der Waals surface area contributed by atoms with Crippen LogP contribution < -0.4 is 0 Å². The minimum atomic E-state index is 0.824. The van der Waals surface area contributed by atoms with Crippen LogP contribution in [0.4, 0.5) is 0 Å². The van der Waals surface area contributed by atoms with Gasteiger partial charge in [-0.2, -0.15) is 0 Å². The van der Waals surface area contributed by atoms with Crippen LogP contribution in [-0.4, -0.2) is 13.2 Å². The summed E-state index contributed by atoms with van der Waals surface area (Å²) in [6.45, 7) is 5.84. The molecular formula is C9H14OS. The van der Waals surface area contributed by atoms with Gasteiger partial charge in [0.25, 0.3) is 0 Å². The normalized spacial score (nSPS) is 10.4. The maximum Gasteiger partial charge on any atom is 0.0514 e. The standard InChI is InChI=1S/C9H14OS/c1-3-10-7-6-9-5-4-8(2)11-9/h4-5H,3,6-7H2,1-2H3. The Morgan fingerprint density at radius 1 is 1.45 bits per heavy atom. The van der Waals surface area contributed by atoms with E-state index in [1.54, 1.807) is 0 Å². The molecule has 0 aliphatic carbocycles. The van der Waals surface area contributed by atoms with Gasteiger partial charge in [0.1, 0.15) is 0 Å². The predicted molar refractivity (Wildman–Crippen MR) is 49.3 cm³/mol. The highest BCUT2D eigenvalue weighted by molar-refractivity contribution is 7.11. The van der Waals surface area contributed by atoms with Crippen molar-refractivity contribution >= 4 is 11.3 Å². The zero-order chi connectivity index (χ0) is 8.10. The summed E-state index contributed by atoms with van der Waals surface area (Å²) in [4.78, 5) is 2.81. The van der Waals surface area contributed by atoms with Crippen molar-refractivity contribution in [2.24, 2.45) is 0 Å². The molecule has 2 heteroatoms. The molecule has 0 bridgehead atoms. The van der Waals surface area contributed by atoms with Gasteiger partial charge >= 0.3 is 0 Å². The first-order chi connectivity index (χ1) is 5.33. The van der Waals surface area contributed by atoms with Gasteiger partial charge in [-0.1, -0.05) is 0 Å². The van der Waals surface area contributed by atoms with E-state index in [9.17, 15) is 0 Å². The highest BCUT2D eigenvalue weighted by Gasteiger charge is 1.95. The van der Waals surface area contributed by atoms with E-state index in [2.05, 4.69) is 19.1 Å². The monoisotopic (exact) mass is 170 g/mol. The van der Waals surface area contributed by atoms with E-state index < -0.39 is 0 Å². The summed E-state index contributed by atoms with van der Waals surface area (Å²) in [5, 5.41) is 0. The molecule has 0 fully saturated rings. The minimum absolute atomic E-state index is 0.824. The lowest BCUT2D eigenvalue weighted by Crippen LogP contribution is -1.95. The molecule has 1 aromatic rings. The molecule has 0 unspecified atom stereocenters. The van der Waals surface area contributed by atoms with E-state index in [0.717, 1.165) is 19.6 Å². The Balaban J connectivity index is 2.27. The third kappa shape index (κ3) is 3.04. The molecular weight excluding hydrogens is 156 g/mol. The van der Waals surface area contributed by atoms with E-state index in [4.69, 9.17) is 4.74 Å². The highest BCUT2D eigenvalue weighted by Crippen LogP contribution is 2.15. The predicted octanol–water partition coefficient (Wildman–Crippen LogP) is 2.64. The van der Waals surface area contributed by atoms with Crippen LogP contribution in [0.2, 0.25) is 0 Å². The van der Waals surface area contributed by atoms with Crippen molar-refractivity contribution in [1.82, 2.24) is 0 Å². The lowest BCUT2D eigenvalue weighted by Gasteiger charge is -1.96. The molecule has 0 aliphatic rings. The maximum absolute atomic E-state index is 5.25. The van der Waals surface area contributed by atoms with Gasteiger partial charge in [-0.25, -0.2) is 0 Å². The molecule has 62 valence electrons. The summed E-state index contributed by atoms with van der Waals surface area (Å²) in [6.07, 6.45) is 1.06. The topological polar surface area (TPSA) is 9.23 Å². The van der Waals surface area contributed by atoms with Crippen LogP contribution in [0.15, 0.2) is 12.1 Å². The van der Waals surface area contributed by atoms with Gasteiger partial charge < -0.3 is 4.74 Å². The van der Waals surface area contributed by atoms with Gasteiger partial charge in [-0.3, -0.25) is 0 Å². The van der Waals surface area contributed by atoms with Crippen molar-refractivity contribution in [3.8, 4) is 0 Å². The maximum atomic E-state index is 5.25. The zero-order valence-electron chi connectivity index (χ0n) is 7.09. The van der Waals surface area contributed by atoms with Gasteiger partial charge in [-0.05, 0) is 26.0 Å². The zero-order valence-corrected chi connectivity index (χ0v) is 7.91. The second-order valence-electron chi connectivity index (χ2n) is 2.46. The van der Waals surface area contributed by atoms with Gasteiger partial charge in [0, 0.05) is 22.8 Å². The second-order valence-corrected chi connectivity index (χ2v) is 3.83. The molecule has 1 heterocycles. The van der Waals surface area contributed by atoms with Gasteiger partial charge in [0.05, 0.1) is 6.61 Å². The summed E-state index contributed by atoms with van der Waals surface area (Å²) in [7, 11) is 0. The molecule has 0 aliphatic heterocycles. The highest BCUT2D eigenvalue weighted by atomic mass is 32.1. The molecule has 1 aromatic heterocycles. The third-order valence-electron chi connectivity index (χ3n) is 1.49. The average Bonchev–Trinajstić information content (AvgIpc) is 2.37. The quantitative estimate of drug-likeness (QED) is 0.631. The van der Waals surface area contributed by atoms with Crippen molar-refractivity contribution in [3.05, 3.63) is 21.9 Å². The van der Waals surface area contributed by atoms with Crippen LogP contribution in [0, 0.1) is 6.92 Å². The molecule has 0 saturated heterocycles. The van der Waals surface area contributed by atoms with Crippen molar-refractivity contribution in [1.29, 1.82) is 0 Å². The molecule has 0 amide bonds. The van der Waals surface area contributed by atoms with Crippen LogP contribution in [0.25, 0.3) is 0 Å². The third-order valence-corrected chi connectivity index (χ3v) is 2.55. The van der Waals surface area contributed by atoms with E-state index >= 15 is 0 Å². The Morgan fingerprint density at radius 3 is 2.82 bits per heavy atom. The fourth-order valence-electron chi connectivity index (χ4n) is 0.937. The molecule has 1 nitrogen and oxygen atoms in total. The number of rotatable bonds is 4. The fraction of sp³-hybridized carbons (Fsp3) is 0.556. The summed E-state index contributed by atoms with van der Waals surface area (Å²) in [5.41, 5.74) is 0. The summed E-state index contributed by atoms with van der Waals surface area (Å²) >= 11 is 1.86. The van der Waals surface area contributed by atoms with Crippen LogP contribution in [0.3, 0.4) is 0 Å². The van der Waals surface area contributed by atoms with Crippen LogP contribution in [-0.2, 0) is 11.2 Å². The lowest BCUT2D eigenvalue weighted by molar-refractivity contribution is 0.151. The van der Waals surface area contributed by atoms with E-state index in [0.29, 0.717) is 0 Å². The summed E-state index contributed by atoms with van der Waals surface area (Å²) < 4.78 is 5.25. The van der Waals surface area contributed by atoms with Crippen LogP contribution in [0.5, 0.6) is 0 Å². The number of ether oxygens (including phenoxy) is 1. The Labute approximate surface area is 72.0 Å². The minimum Gasteiger partial charge on any atom is -0.381 e. The largest absolute Gasteiger partial charge is 0.381 e.